The number of hydrogen-bond acceptors (Lipinski definition) is 3. The van der Waals surface area contributed by atoms with Gasteiger partial charge in [0, 0.05) is 21.0 Å². The molecule has 1 aromatic heterocycles. The molecule has 0 bridgehead atoms. The average Bonchev–Trinajstić information content (AvgIpc) is 3.77. The number of halogens is 3. The number of nitrogens with zero attached hydrogens (tertiary/aromatic N) is 1. The summed E-state index contributed by atoms with van der Waals surface area (Å²) in [7, 11) is 0. The van der Waals surface area contributed by atoms with Crippen LogP contribution in [-0.4, -0.2) is 5.16 Å². The summed E-state index contributed by atoms with van der Waals surface area (Å²) in [4.78, 5) is 0. The molecule has 0 radical (unpaired) electrons. The van der Waals surface area contributed by atoms with Crippen LogP contribution in [0.15, 0.2) is 69.7 Å². The van der Waals surface area contributed by atoms with Gasteiger partial charge >= 0.3 is 0 Å². The lowest BCUT2D eigenvalue weighted by Crippen LogP contribution is -2.00. The van der Waals surface area contributed by atoms with E-state index in [-0.39, 0.29) is 0 Å². The van der Waals surface area contributed by atoms with E-state index in [9.17, 15) is 0 Å². The summed E-state index contributed by atoms with van der Waals surface area (Å²) in [6.07, 6.45) is 3.35. The molecular formula is C29H24BrCl2NO2. The Hall–Kier alpha value is -2.27. The van der Waals surface area contributed by atoms with E-state index in [1.165, 1.54) is 11.1 Å². The van der Waals surface area contributed by atoms with E-state index in [4.69, 9.17) is 32.5 Å². The maximum Gasteiger partial charge on any atom is 0.147 e. The lowest BCUT2D eigenvalue weighted by molar-refractivity contribution is 0.300. The minimum absolute atomic E-state index is 0.357. The maximum absolute atomic E-state index is 6.73. The topological polar surface area (TPSA) is 35.3 Å². The van der Waals surface area contributed by atoms with E-state index in [2.05, 4.69) is 51.4 Å². The molecule has 4 aromatic rings. The van der Waals surface area contributed by atoms with Gasteiger partial charge in [0.05, 0.1) is 10.6 Å². The molecule has 0 N–H and O–H groups in total. The average molecular weight is 569 g/mol. The van der Waals surface area contributed by atoms with Crippen LogP contribution in [0, 0.1) is 6.92 Å². The maximum atomic E-state index is 6.73. The Morgan fingerprint density at radius 2 is 1.80 bits per heavy atom. The summed E-state index contributed by atoms with van der Waals surface area (Å²) < 4.78 is 13.1. The third-order valence-corrected chi connectivity index (χ3v) is 8.24. The predicted octanol–water partition coefficient (Wildman–Crippen LogP) is 9.45. The molecule has 2 unspecified atom stereocenters. The quantitative estimate of drug-likeness (QED) is 0.223. The minimum Gasteiger partial charge on any atom is -0.489 e. The first-order valence-electron chi connectivity index (χ1n) is 11.9. The Labute approximate surface area is 223 Å². The van der Waals surface area contributed by atoms with Gasteiger partial charge in [0.2, 0.25) is 0 Å². The monoisotopic (exact) mass is 567 g/mol. The molecule has 2 aliphatic carbocycles. The molecule has 3 nitrogen and oxygen atoms in total. The molecule has 0 saturated heterocycles. The van der Waals surface area contributed by atoms with Crippen molar-refractivity contribution in [3.63, 3.8) is 0 Å². The van der Waals surface area contributed by atoms with Crippen molar-refractivity contribution in [2.45, 2.75) is 50.5 Å². The van der Waals surface area contributed by atoms with E-state index < -0.39 is 0 Å². The normalized spacial score (nSPS) is 19.1. The Kier molecular flexibility index (Phi) is 6.16. The standard InChI is InChI=1S/C29H24BrCl2NO2/c1-16-3-2-4-25(31)27(16)28-24(29(35-33-28)18-5-6-18)15-34-20-11-12-21(26(32)13-20)23-14-22(23)17-7-9-19(30)10-8-17/h2-4,7-13,18,22-23H,5-6,14-15H2,1H3. The Balaban J connectivity index is 1.22. The van der Waals surface area contributed by atoms with Crippen LogP contribution in [0.3, 0.4) is 0 Å². The molecule has 35 heavy (non-hydrogen) atoms. The van der Waals surface area contributed by atoms with Gasteiger partial charge in [-0.05, 0) is 85.0 Å². The molecule has 2 fully saturated rings. The van der Waals surface area contributed by atoms with Crippen molar-refractivity contribution in [2.75, 3.05) is 0 Å². The fraction of sp³-hybridized carbons (Fsp3) is 0.276. The summed E-state index contributed by atoms with van der Waals surface area (Å²) >= 11 is 16.8. The van der Waals surface area contributed by atoms with Crippen molar-refractivity contribution in [3.8, 4) is 17.0 Å². The van der Waals surface area contributed by atoms with Crippen LogP contribution in [0.4, 0.5) is 0 Å². The van der Waals surface area contributed by atoms with E-state index in [1.807, 2.05) is 37.3 Å². The van der Waals surface area contributed by atoms with Crippen molar-refractivity contribution in [3.05, 3.63) is 103 Å². The first-order valence-corrected chi connectivity index (χ1v) is 13.5. The van der Waals surface area contributed by atoms with Crippen LogP contribution in [0.1, 0.15) is 65.0 Å². The minimum atomic E-state index is 0.357. The molecular weight excluding hydrogens is 545 g/mol. The van der Waals surface area contributed by atoms with Crippen LogP contribution >= 0.6 is 39.1 Å². The summed E-state index contributed by atoms with van der Waals surface area (Å²) in [5.41, 5.74) is 6.26. The van der Waals surface area contributed by atoms with Crippen LogP contribution < -0.4 is 4.74 Å². The van der Waals surface area contributed by atoms with Gasteiger partial charge in [0.25, 0.3) is 0 Å². The first-order chi connectivity index (χ1) is 17.0. The number of ether oxygens (including phenoxy) is 1. The highest BCUT2D eigenvalue weighted by Crippen LogP contribution is 2.56. The van der Waals surface area contributed by atoms with E-state index in [0.717, 1.165) is 62.7 Å². The Morgan fingerprint density at radius 3 is 2.51 bits per heavy atom. The second-order valence-electron chi connectivity index (χ2n) is 9.55. The van der Waals surface area contributed by atoms with Crippen LogP contribution in [0.2, 0.25) is 10.0 Å². The van der Waals surface area contributed by atoms with Crippen molar-refractivity contribution < 1.29 is 9.26 Å². The Morgan fingerprint density at radius 1 is 1.00 bits per heavy atom. The first kappa shape index (κ1) is 23.1. The largest absolute Gasteiger partial charge is 0.489 e. The van der Waals surface area contributed by atoms with Crippen LogP contribution in [-0.2, 0) is 6.61 Å². The third kappa shape index (κ3) is 4.64. The van der Waals surface area contributed by atoms with Gasteiger partial charge in [-0.3, -0.25) is 0 Å². The van der Waals surface area contributed by atoms with Crippen LogP contribution in [0.25, 0.3) is 11.3 Å². The van der Waals surface area contributed by atoms with E-state index >= 15 is 0 Å². The molecule has 0 spiro atoms. The van der Waals surface area contributed by atoms with Gasteiger partial charge in [-0.1, -0.05) is 74.6 Å². The van der Waals surface area contributed by atoms with Crippen molar-refractivity contribution in [1.29, 1.82) is 0 Å². The highest BCUT2D eigenvalue weighted by atomic mass is 79.9. The van der Waals surface area contributed by atoms with Gasteiger partial charge in [0.1, 0.15) is 23.8 Å². The van der Waals surface area contributed by atoms with Crippen molar-refractivity contribution >= 4 is 39.1 Å². The molecule has 2 atom stereocenters. The molecule has 178 valence electrons. The van der Waals surface area contributed by atoms with Crippen molar-refractivity contribution in [2.24, 2.45) is 0 Å². The summed E-state index contributed by atoms with van der Waals surface area (Å²) in [6, 6.07) is 20.5. The number of aromatic nitrogens is 1. The summed E-state index contributed by atoms with van der Waals surface area (Å²) in [5, 5.41) is 5.84. The van der Waals surface area contributed by atoms with Gasteiger partial charge in [0.15, 0.2) is 0 Å². The van der Waals surface area contributed by atoms with Gasteiger partial charge in [-0.25, -0.2) is 0 Å². The fourth-order valence-electron chi connectivity index (χ4n) is 4.93. The third-order valence-electron chi connectivity index (χ3n) is 7.07. The lowest BCUT2D eigenvalue weighted by atomic mass is 10.0. The molecule has 6 rings (SSSR count). The van der Waals surface area contributed by atoms with Gasteiger partial charge in [-0.15, -0.1) is 0 Å². The van der Waals surface area contributed by atoms with E-state index in [1.54, 1.807) is 0 Å². The summed E-state index contributed by atoms with van der Waals surface area (Å²) in [6.45, 7) is 2.39. The molecule has 3 aromatic carbocycles. The summed E-state index contributed by atoms with van der Waals surface area (Å²) in [5.74, 6) is 3.04. The second kappa shape index (κ2) is 9.31. The molecule has 1 heterocycles. The zero-order chi connectivity index (χ0) is 24.1. The molecule has 6 heteroatoms. The number of aryl methyl sites for hydroxylation is 1. The lowest BCUT2D eigenvalue weighted by Gasteiger charge is -2.12. The number of rotatable bonds is 7. The molecule has 0 amide bonds. The smallest absolute Gasteiger partial charge is 0.147 e. The fourth-order valence-corrected chi connectivity index (χ4v) is 5.81. The number of hydrogen-bond donors (Lipinski definition) is 0. The second-order valence-corrected chi connectivity index (χ2v) is 11.3. The Bertz CT molecular complexity index is 1370. The SMILES string of the molecule is Cc1cccc(Cl)c1-c1noc(C2CC2)c1COc1ccc(C2CC2c2ccc(Br)cc2)c(Cl)c1. The predicted molar refractivity (Wildman–Crippen MR) is 144 cm³/mol. The highest BCUT2D eigenvalue weighted by molar-refractivity contribution is 9.10. The number of benzene rings is 3. The zero-order valence-corrected chi connectivity index (χ0v) is 22.3. The molecule has 2 aliphatic rings. The highest BCUT2D eigenvalue weighted by Gasteiger charge is 2.40. The zero-order valence-electron chi connectivity index (χ0n) is 19.2. The van der Waals surface area contributed by atoms with Gasteiger partial charge in [-0.2, -0.15) is 0 Å². The van der Waals surface area contributed by atoms with Crippen molar-refractivity contribution in [1.82, 2.24) is 5.16 Å². The van der Waals surface area contributed by atoms with E-state index in [0.29, 0.717) is 29.4 Å². The van der Waals surface area contributed by atoms with Crippen LogP contribution in [0.5, 0.6) is 5.75 Å². The van der Waals surface area contributed by atoms with Gasteiger partial charge < -0.3 is 9.26 Å². The molecule has 2 saturated carbocycles. The molecule has 0 aliphatic heterocycles.